The molecule has 0 nitrogen and oxygen atoms in total. The van der Waals surface area contributed by atoms with Gasteiger partial charge in [0.05, 0.1) is 0 Å². The maximum atomic E-state index is 2.48. The van der Waals surface area contributed by atoms with Gasteiger partial charge in [0.25, 0.3) is 0 Å². The highest BCUT2D eigenvalue weighted by Crippen LogP contribution is 2.20. The van der Waals surface area contributed by atoms with Crippen molar-refractivity contribution in [3.8, 4) is 0 Å². The summed E-state index contributed by atoms with van der Waals surface area (Å²) >= 11 is 0. The molecule has 69 valence electrons. The molecular weight excluding hydrogens is 144 g/mol. The Bertz CT molecular complexity index is 133. The lowest BCUT2D eigenvalue weighted by Crippen LogP contribution is -1.90. The molecule has 0 heterocycles. The molecule has 0 bridgehead atoms. The zero-order valence-corrected chi connectivity index (χ0v) is 8.31. The summed E-state index contributed by atoms with van der Waals surface area (Å²) in [4.78, 5) is 0. The number of unbranched alkanes of at least 4 members (excludes halogenated alkanes) is 1. The van der Waals surface area contributed by atoms with Gasteiger partial charge in [-0.1, -0.05) is 37.8 Å². The molecule has 0 fully saturated rings. The van der Waals surface area contributed by atoms with Crippen molar-refractivity contribution in [2.45, 2.75) is 58.3 Å². The number of hydrogen-bond donors (Lipinski definition) is 0. The minimum atomic E-state index is 1.22. The van der Waals surface area contributed by atoms with Crippen LogP contribution in [0.1, 0.15) is 58.3 Å². The summed E-state index contributed by atoms with van der Waals surface area (Å²) in [7, 11) is 0. The van der Waals surface area contributed by atoms with E-state index in [2.05, 4.69) is 19.4 Å². The lowest BCUT2D eigenvalue weighted by Gasteiger charge is -2.10. The van der Waals surface area contributed by atoms with Crippen LogP contribution in [0.5, 0.6) is 0 Å². The van der Waals surface area contributed by atoms with Crippen molar-refractivity contribution in [1.29, 1.82) is 0 Å². The van der Waals surface area contributed by atoms with Crippen LogP contribution in [0.2, 0.25) is 0 Å². The summed E-state index contributed by atoms with van der Waals surface area (Å²) in [6.45, 7) is 2.23. The van der Waals surface area contributed by atoms with Crippen molar-refractivity contribution in [3.63, 3.8) is 0 Å². The summed E-state index contributed by atoms with van der Waals surface area (Å²) in [6, 6.07) is 0. The largest absolute Gasteiger partial charge is 0.0853 e. The van der Waals surface area contributed by atoms with E-state index < -0.39 is 0 Å². The molecule has 0 saturated heterocycles. The van der Waals surface area contributed by atoms with Crippen molar-refractivity contribution in [1.82, 2.24) is 0 Å². The molecular formula is C12H21. The first-order valence-electron chi connectivity index (χ1n) is 5.43. The van der Waals surface area contributed by atoms with E-state index >= 15 is 0 Å². The molecule has 0 aromatic heterocycles. The standard InChI is InChI=1S/C12H21/c1-2-3-9-12-10-7-5-4-6-8-11-12/h3,10H,2,4-9,11H2,1H3/b12-10-. The Morgan fingerprint density at radius 2 is 2.08 bits per heavy atom. The molecule has 0 saturated carbocycles. The highest BCUT2D eigenvalue weighted by Gasteiger charge is 2.00. The highest BCUT2D eigenvalue weighted by atomic mass is 14.1. The first-order chi connectivity index (χ1) is 5.93. The summed E-state index contributed by atoms with van der Waals surface area (Å²) in [5, 5.41) is 0. The fourth-order valence-electron chi connectivity index (χ4n) is 1.77. The Morgan fingerprint density at radius 3 is 2.92 bits per heavy atom. The second-order valence-corrected chi connectivity index (χ2v) is 3.72. The fourth-order valence-corrected chi connectivity index (χ4v) is 1.77. The third kappa shape index (κ3) is 3.94. The van der Waals surface area contributed by atoms with Gasteiger partial charge in [-0.05, 0) is 38.5 Å². The second kappa shape index (κ2) is 6.28. The van der Waals surface area contributed by atoms with Crippen LogP contribution in [0.3, 0.4) is 0 Å². The van der Waals surface area contributed by atoms with Gasteiger partial charge in [-0.15, -0.1) is 0 Å². The summed E-state index contributed by atoms with van der Waals surface area (Å²) in [5.74, 6) is 0. The summed E-state index contributed by atoms with van der Waals surface area (Å²) < 4.78 is 0. The van der Waals surface area contributed by atoms with Crippen LogP contribution in [0.15, 0.2) is 11.6 Å². The van der Waals surface area contributed by atoms with E-state index in [-0.39, 0.29) is 0 Å². The van der Waals surface area contributed by atoms with Gasteiger partial charge in [0.15, 0.2) is 0 Å². The number of allylic oxidation sites excluding steroid dienone is 2. The second-order valence-electron chi connectivity index (χ2n) is 3.72. The molecule has 12 heavy (non-hydrogen) atoms. The van der Waals surface area contributed by atoms with Crippen LogP contribution in [0.25, 0.3) is 0 Å². The van der Waals surface area contributed by atoms with Crippen LogP contribution in [0, 0.1) is 6.42 Å². The zero-order valence-electron chi connectivity index (χ0n) is 8.31. The van der Waals surface area contributed by atoms with Crippen LogP contribution in [-0.4, -0.2) is 0 Å². The van der Waals surface area contributed by atoms with E-state index in [4.69, 9.17) is 0 Å². The van der Waals surface area contributed by atoms with E-state index in [1.54, 1.807) is 5.57 Å². The van der Waals surface area contributed by atoms with Gasteiger partial charge in [-0.3, -0.25) is 0 Å². The highest BCUT2D eigenvalue weighted by molar-refractivity contribution is 5.05. The average Bonchev–Trinajstić information content (AvgIpc) is 2.02. The van der Waals surface area contributed by atoms with E-state index in [0.29, 0.717) is 0 Å². The molecule has 0 spiro atoms. The molecule has 0 aromatic rings. The van der Waals surface area contributed by atoms with Crippen LogP contribution in [-0.2, 0) is 0 Å². The zero-order chi connectivity index (χ0) is 8.65. The molecule has 0 unspecified atom stereocenters. The Hall–Kier alpha value is -0.260. The molecule has 1 rings (SSSR count). The van der Waals surface area contributed by atoms with Crippen molar-refractivity contribution >= 4 is 0 Å². The Morgan fingerprint density at radius 1 is 1.25 bits per heavy atom. The number of hydrogen-bond acceptors (Lipinski definition) is 0. The quantitative estimate of drug-likeness (QED) is 0.548. The third-order valence-electron chi connectivity index (χ3n) is 2.58. The van der Waals surface area contributed by atoms with Gasteiger partial charge in [-0.25, -0.2) is 0 Å². The number of rotatable bonds is 3. The predicted molar refractivity (Wildman–Crippen MR) is 55.0 cm³/mol. The van der Waals surface area contributed by atoms with Crippen molar-refractivity contribution < 1.29 is 0 Å². The minimum Gasteiger partial charge on any atom is -0.0853 e. The van der Waals surface area contributed by atoms with E-state index in [1.807, 2.05) is 0 Å². The van der Waals surface area contributed by atoms with Gasteiger partial charge < -0.3 is 0 Å². The predicted octanol–water partition coefficient (Wildman–Crippen LogP) is 4.27. The van der Waals surface area contributed by atoms with Crippen molar-refractivity contribution in [3.05, 3.63) is 18.1 Å². The maximum absolute atomic E-state index is 2.48. The molecule has 0 amide bonds. The fraction of sp³-hybridized carbons (Fsp3) is 0.750. The third-order valence-corrected chi connectivity index (χ3v) is 2.58. The average molecular weight is 165 g/mol. The topological polar surface area (TPSA) is 0 Å². The Kier molecular flexibility index (Phi) is 5.14. The normalized spacial score (nSPS) is 23.9. The Balaban J connectivity index is 2.26. The van der Waals surface area contributed by atoms with Gasteiger partial charge >= 0.3 is 0 Å². The maximum Gasteiger partial charge on any atom is -0.0289 e. The van der Waals surface area contributed by atoms with Crippen LogP contribution < -0.4 is 0 Å². The minimum absolute atomic E-state index is 1.22. The van der Waals surface area contributed by atoms with Crippen LogP contribution >= 0.6 is 0 Å². The molecule has 0 aromatic carbocycles. The van der Waals surface area contributed by atoms with Crippen LogP contribution in [0.4, 0.5) is 0 Å². The SMILES string of the molecule is CC[CH]C/C1=C/CCCCCC1. The first kappa shape index (κ1) is 9.83. The lowest BCUT2D eigenvalue weighted by atomic mass is 9.96. The molecule has 1 aliphatic carbocycles. The summed E-state index contributed by atoms with van der Waals surface area (Å²) in [5.41, 5.74) is 1.69. The smallest absolute Gasteiger partial charge is 0.0289 e. The monoisotopic (exact) mass is 165 g/mol. The molecule has 1 aliphatic rings. The lowest BCUT2D eigenvalue weighted by molar-refractivity contribution is 0.618. The van der Waals surface area contributed by atoms with Gasteiger partial charge in [0, 0.05) is 0 Å². The molecule has 0 N–H and O–H groups in total. The Labute approximate surface area is 77.1 Å². The molecule has 0 atom stereocenters. The molecule has 1 radical (unpaired) electrons. The van der Waals surface area contributed by atoms with Gasteiger partial charge in [-0.2, -0.15) is 0 Å². The van der Waals surface area contributed by atoms with Gasteiger partial charge in [0.2, 0.25) is 0 Å². The van der Waals surface area contributed by atoms with E-state index in [0.717, 1.165) is 0 Å². The molecule has 0 aliphatic heterocycles. The van der Waals surface area contributed by atoms with Crippen molar-refractivity contribution in [2.24, 2.45) is 0 Å². The van der Waals surface area contributed by atoms with E-state index in [9.17, 15) is 0 Å². The van der Waals surface area contributed by atoms with Gasteiger partial charge in [0.1, 0.15) is 0 Å². The van der Waals surface area contributed by atoms with E-state index in [1.165, 1.54) is 51.4 Å². The van der Waals surface area contributed by atoms with Crippen molar-refractivity contribution in [2.75, 3.05) is 0 Å². The molecule has 0 heteroatoms. The first-order valence-corrected chi connectivity index (χ1v) is 5.43. The summed E-state index contributed by atoms with van der Waals surface area (Å²) in [6.07, 6.45) is 15.7.